The van der Waals surface area contributed by atoms with Crippen LogP contribution in [0.1, 0.15) is 6.42 Å². The summed E-state index contributed by atoms with van der Waals surface area (Å²) in [5.74, 6) is 1.88. The summed E-state index contributed by atoms with van der Waals surface area (Å²) < 4.78 is 12.7. The molecule has 2 aromatic heterocycles. The number of hydrogen-bond donors (Lipinski definition) is 3. The molecule has 0 radical (unpaired) electrons. The lowest BCUT2D eigenvalue weighted by Gasteiger charge is -2.32. The van der Waals surface area contributed by atoms with Crippen LogP contribution in [0.4, 0.5) is 27.1 Å². The largest absolute Gasteiger partial charge is 0.493 e. The number of likely N-dealkylation sites (N-methyl/N-ethyl adjacent to an activating group) is 1. The fourth-order valence-corrected chi connectivity index (χ4v) is 5.99. The average molecular weight is 633 g/mol. The number of carbonyl (C=O) groups is 1. The molecular weight excluding hydrogens is 600 g/mol. The number of urea groups is 1. The Bertz CT molecular complexity index is 1760. The molecule has 2 amide bonds. The summed E-state index contributed by atoms with van der Waals surface area (Å²) in [5, 5.41) is 11.0. The summed E-state index contributed by atoms with van der Waals surface area (Å²) in [6.07, 6.45) is 2.45. The highest BCUT2D eigenvalue weighted by Crippen LogP contribution is 2.36. The smallest absolute Gasteiger partial charge is 0.323 e. The number of ether oxygens (including phenoxy) is 2. The van der Waals surface area contributed by atoms with Gasteiger partial charge < -0.3 is 35.2 Å². The molecule has 6 rings (SSSR count). The standard InChI is InChI=1S/C31H33ClN8O3S/c1-39-11-13-40(14-12-39)10-3-15-43-27-18-25-23(17-26(27)42-2)29(34-19-33-25)38-31-37-24-9-8-22(16-28(24)44-31)36-30(41)35-21-6-4-20(32)5-7-21/h4-9,16-19H,3,10-15H2,1-2H3,(H2,35,36,41)(H,33,34,37,38). The topological polar surface area (TPSA) is 117 Å². The lowest BCUT2D eigenvalue weighted by Crippen LogP contribution is -2.44. The van der Waals surface area contributed by atoms with E-state index in [4.69, 9.17) is 26.1 Å². The zero-order valence-electron chi connectivity index (χ0n) is 24.5. The number of thiazole rings is 1. The molecule has 0 saturated carbocycles. The number of methoxy groups -OCH3 is 1. The molecule has 1 aliphatic heterocycles. The Morgan fingerprint density at radius 1 is 0.955 bits per heavy atom. The van der Waals surface area contributed by atoms with Crippen molar-refractivity contribution < 1.29 is 14.3 Å². The van der Waals surface area contributed by atoms with Crippen molar-refractivity contribution in [3.05, 3.63) is 65.9 Å². The van der Waals surface area contributed by atoms with Gasteiger partial charge in [0.25, 0.3) is 0 Å². The van der Waals surface area contributed by atoms with Crippen LogP contribution < -0.4 is 25.4 Å². The number of anilines is 4. The van der Waals surface area contributed by atoms with Crippen molar-refractivity contribution in [3.63, 3.8) is 0 Å². The molecule has 0 unspecified atom stereocenters. The van der Waals surface area contributed by atoms with Gasteiger partial charge in [-0.1, -0.05) is 22.9 Å². The molecule has 1 aliphatic rings. The van der Waals surface area contributed by atoms with Gasteiger partial charge in [0.05, 0.1) is 29.5 Å². The maximum absolute atomic E-state index is 12.5. The second-order valence-corrected chi connectivity index (χ2v) is 12.0. The molecule has 3 aromatic carbocycles. The fourth-order valence-electron chi connectivity index (χ4n) is 4.96. The summed E-state index contributed by atoms with van der Waals surface area (Å²) in [6.45, 7) is 6.01. The molecule has 5 aromatic rings. The molecule has 0 bridgehead atoms. The lowest BCUT2D eigenvalue weighted by atomic mass is 10.2. The minimum atomic E-state index is -0.352. The summed E-state index contributed by atoms with van der Waals surface area (Å²) in [6, 6.07) is 15.9. The molecule has 0 spiro atoms. The fraction of sp³-hybridized carbons (Fsp3) is 0.290. The number of aromatic nitrogens is 3. The first-order valence-electron chi connectivity index (χ1n) is 14.3. The number of carbonyl (C=O) groups excluding carboxylic acids is 1. The van der Waals surface area contributed by atoms with Crippen molar-refractivity contribution in [2.24, 2.45) is 0 Å². The SMILES string of the molecule is COc1cc2c(Nc3nc4ccc(NC(=O)Nc5ccc(Cl)cc5)cc4s3)ncnc2cc1OCCCN1CCN(C)CC1. The monoisotopic (exact) mass is 632 g/mol. The number of rotatable bonds is 10. The number of benzene rings is 3. The molecule has 3 heterocycles. The van der Waals surface area contributed by atoms with Crippen LogP contribution >= 0.6 is 22.9 Å². The van der Waals surface area contributed by atoms with Crippen molar-refractivity contribution in [2.45, 2.75) is 6.42 Å². The van der Waals surface area contributed by atoms with Crippen molar-refractivity contribution in [1.82, 2.24) is 24.8 Å². The maximum Gasteiger partial charge on any atom is 0.323 e. The van der Waals surface area contributed by atoms with E-state index in [0.29, 0.717) is 45.5 Å². The predicted molar refractivity (Wildman–Crippen MR) is 177 cm³/mol. The van der Waals surface area contributed by atoms with Crippen molar-refractivity contribution in [1.29, 1.82) is 0 Å². The number of hydrogen-bond acceptors (Lipinski definition) is 10. The van der Waals surface area contributed by atoms with Crippen LogP contribution in [0.3, 0.4) is 0 Å². The van der Waals surface area contributed by atoms with Crippen molar-refractivity contribution in [2.75, 3.05) is 69.4 Å². The minimum absolute atomic E-state index is 0.352. The van der Waals surface area contributed by atoms with Crippen LogP contribution in [-0.2, 0) is 0 Å². The molecule has 1 fully saturated rings. The Balaban J connectivity index is 1.11. The number of amides is 2. The average Bonchev–Trinajstić information content (AvgIpc) is 3.42. The normalized spacial score (nSPS) is 14.1. The van der Waals surface area contributed by atoms with Gasteiger partial charge in [0.15, 0.2) is 16.6 Å². The number of halogens is 1. The Morgan fingerprint density at radius 2 is 1.73 bits per heavy atom. The van der Waals surface area contributed by atoms with Gasteiger partial charge in [-0.05, 0) is 62.0 Å². The molecule has 0 atom stereocenters. The number of nitrogens with one attached hydrogen (secondary N) is 3. The number of piperazine rings is 1. The highest BCUT2D eigenvalue weighted by atomic mass is 35.5. The Labute approximate surface area is 264 Å². The van der Waals surface area contributed by atoms with Crippen LogP contribution in [0, 0.1) is 0 Å². The van der Waals surface area contributed by atoms with Gasteiger partial charge in [0.2, 0.25) is 0 Å². The van der Waals surface area contributed by atoms with Gasteiger partial charge in [-0.2, -0.15) is 0 Å². The Morgan fingerprint density at radius 3 is 2.52 bits per heavy atom. The Hall–Kier alpha value is -4.23. The minimum Gasteiger partial charge on any atom is -0.493 e. The van der Waals surface area contributed by atoms with E-state index < -0.39 is 0 Å². The van der Waals surface area contributed by atoms with E-state index >= 15 is 0 Å². The molecule has 3 N–H and O–H groups in total. The third-order valence-electron chi connectivity index (χ3n) is 7.37. The second-order valence-electron chi connectivity index (χ2n) is 10.5. The van der Waals surface area contributed by atoms with E-state index in [-0.39, 0.29) is 6.03 Å². The highest BCUT2D eigenvalue weighted by molar-refractivity contribution is 7.22. The molecule has 13 heteroatoms. The molecule has 228 valence electrons. The molecule has 1 saturated heterocycles. The first-order valence-corrected chi connectivity index (χ1v) is 15.5. The quantitative estimate of drug-likeness (QED) is 0.152. The van der Waals surface area contributed by atoms with Gasteiger partial charge in [-0.25, -0.2) is 19.7 Å². The van der Waals surface area contributed by atoms with Crippen LogP contribution in [0.5, 0.6) is 11.5 Å². The van der Waals surface area contributed by atoms with Crippen LogP contribution in [0.2, 0.25) is 5.02 Å². The van der Waals surface area contributed by atoms with E-state index in [1.807, 2.05) is 30.3 Å². The first-order chi connectivity index (χ1) is 21.4. The van der Waals surface area contributed by atoms with Crippen molar-refractivity contribution >= 4 is 72.4 Å². The maximum atomic E-state index is 12.5. The van der Waals surface area contributed by atoms with Crippen LogP contribution in [0.15, 0.2) is 60.9 Å². The van der Waals surface area contributed by atoms with E-state index in [9.17, 15) is 4.79 Å². The van der Waals surface area contributed by atoms with E-state index in [1.165, 1.54) is 17.7 Å². The summed E-state index contributed by atoms with van der Waals surface area (Å²) in [7, 11) is 3.79. The molecule has 44 heavy (non-hydrogen) atoms. The van der Waals surface area contributed by atoms with E-state index in [1.54, 1.807) is 31.4 Å². The van der Waals surface area contributed by atoms with Crippen molar-refractivity contribution in [3.8, 4) is 11.5 Å². The molecule has 0 aliphatic carbocycles. The highest BCUT2D eigenvalue weighted by Gasteiger charge is 2.16. The van der Waals surface area contributed by atoms with Gasteiger partial charge in [0, 0.05) is 60.6 Å². The number of fused-ring (bicyclic) bond motifs is 2. The lowest BCUT2D eigenvalue weighted by molar-refractivity contribution is 0.145. The Kier molecular flexibility index (Phi) is 9.22. The first kappa shape index (κ1) is 29.8. The van der Waals surface area contributed by atoms with Gasteiger partial charge in [-0.3, -0.25) is 0 Å². The zero-order valence-corrected chi connectivity index (χ0v) is 26.0. The van der Waals surface area contributed by atoms with Gasteiger partial charge in [0.1, 0.15) is 12.1 Å². The second kappa shape index (κ2) is 13.6. The van der Waals surface area contributed by atoms with Gasteiger partial charge >= 0.3 is 6.03 Å². The van der Waals surface area contributed by atoms with E-state index in [0.717, 1.165) is 60.3 Å². The number of nitrogens with zero attached hydrogens (tertiary/aromatic N) is 5. The predicted octanol–water partition coefficient (Wildman–Crippen LogP) is 6.31. The zero-order chi connectivity index (χ0) is 30.5. The van der Waals surface area contributed by atoms with Gasteiger partial charge in [-0.15, -0.1) is 0 Å². The van der Waals surface area contributed by atoms with E-state index in [2.05, 4.69) is 42.8 Å². The molecular formula is C31H33ClN8O3S. The summed E-state index contributed by atoms with van der Waals surface area (Å²) in [5.41, 5.74) is 2.82. The third-order valence-corrected chi connectivity index (χ3v) is 8.55. The van der Waals surface area contributed by atoms with Crippen LogP contribution in [-0.4, -0.2) is 84.3 Å². The summed E-state index contributed by atoms with van der Waals surface area (Å²) in [4.78, 5) is 31.0. The van der Waals surface area contributed by atoms with Crippen LogP contribution in [0.25, 0.3) is 21.1 Å². The third kappa shape index (κ3) is 7.28. The summed E-state index contributed by atoms with van der Waals surface area (Å²) >= 11 is 7.38. The molecule has 11 nitrogen and oxygen atoms in total.